The summed E-state index contributed by atoms with van der Waals surface area (Å²) >= 11 is 7.03. The van der Waals surface area contributed by atoms with Crippen molar-refractivity contribution in [2.45, 2.75) is 13.8 Å². The van der Waals surface area contributed by atoms with Crippen LogP contribution in [-0.4, -0.2) is 41.8 Å². The Hall–Kier alpha value is -2.39. The summed E-state index contributed by atoms with van der Waals surface area (Å²) in [5, 5.41) is 7.00. The molecule has 0 saturated carbocycles. The molecule has 0 unspecified atom stereocenters. The summed E-state index contributed by atoms with van der Waals surface area (Å²) in [6, 6.07) is 0. The van der Waals surface area contributed by atoms with E-state index in [4.69, 9.17) is 21.1 Å². The fourth-order valence-electron chi connectivity index (χ4n) is 2.13. The van der Waals surface area contributed by atoms with E-state index >= 15 is 0 Å². The molecule has 1 N–H and O–H groups in total. The first kappa shape index (κ1) is 18.9. The van der Waals surface area contributed by atoms with Crippen molar-refractivity contribution in [3.05, 3.63) is 32.4 Å². The fourth-order valence-corrected chi connectivity index (χ4v) is 3.48. The van der Waals surface area contributed by atoms with Gasteiger partial charge in [-0.05, 0) is 19.4 Å². The molecule has 10 heteroatoms. The van der Waals surface area contributed by atoms with Gasteiger partial charge in [0.25, 0.3) is 5.91 Å². The molecule has 0 spiro atoms. The van der Waals surface area contributed by atoms with Crippen LogP contribution < -0.4 is 5.32 Å². The van der Waals surface area contributed by atoms with E-state index in [2.05, 4.69) is 10.4 Å². The third-order valence-electron chi connectivity index (χ3n) is 3.61. The van der Waals surface area contributed by atoms with Gasteiger partial charge in [0.05, 0.1) is 30.5 Å². The monoisotopic (exact) mass is 385 g/mol. The molecule has 0 aliphatic rings. The van der Waals surface area contributed by atoms with Crippen LogP contribution in [0.15, 0.2) is 0 Å². The van der Waals surface area contributed by atoms with E-state index in [1.807, 2.05) is 0 Å². The average molecular weight is 386 g/mol. The van der Waals surface area contributed by atoms with Crippen LogP contribution in [0.1, 0.15) is 41.8 Å². The second-order valence-electron chi connectivity index (χ2n) is 5.07. The highest BCUT2D eigenvalue weighted by Gasteiger charge is 2.28. The number of nitrogens with zero attached hydrogens (tertiary/aromatic N) is 2. The molecule has 2 aromatic rings. The number of anilines is 1. The summed E-state index contributed by atoms with van der Waals surface area (Å²) in [5.74, 6) is -1.89. The Morgan fingerprint density at radius 3 is 2.24 bits per heavy atom. The quantitative estimate of drug-likeness (QED) is 0.812. The third kappa shape index (κ3) is 3.38. The molecule has 0 aliphatic heterocycles. The smallest absolute Gasteiger partial charge is 0.348 e. The zero-order valence-corrected chi connectivity index (χ0v) is 15.8. The number of rotatable bonds is 4. The number of esters is 2. The van der Waals surface area contributed by atoms with Gasteiger partial charge in [0, 0.05) is 7.05 Å². The summed E-state index contributed by atoms with van der Waals surface area (Å²) in [6.07, 6.45) is 0. The summed E-state index contributed by atoms with van der Waals surface area (Å²) in [5.41, 5.74) is 1.09. The Bertz CT molecular complexity index is 871. The molecule has 0 atom stereocenters. The van der Waals surface area contributed by atoms with Crippen molar-refractivity contribution in [3.8, 4) is 0 Å². The normalized spacial score (nSPS) is 10.5. The Balaban J connectivity index is 2.47. The lowest BCUT2D eigenvalue weighted by molar-refractivity contribution is 0.0601. The van der Waals surface area contributed by atoms with Crippen LogP contribution in [0, 0.1) is 13.8 Å². The predicted molar refractivity (Wildman–Crippen MR) is 92.6 cm³/mol. The van der Waals surface area contributed by atoms with Crippen molar-refractivity contribution in [1.29, 1.82) is 0 Å². The van der Waals surface area contributed by atoms with Crippen LogP contribution in [0.3, 0.4) is 0 Å². The zero-order chi connectivity index (χ0) is 18.9. The Morgan fingerprint density at radius 2 is 1.76 bits per heavy atom. The summed E-state index contributed by atoms with van der Waals surface area (Å²) in [7, 11) is 4.10. The second kappa shape index (κ2) is 7.24. The molecule has 0 bridgehead atoms. The van der Waals surface area contributed by atoms with Crippen molar-refractivity contribution < 1.29 is 23.9 Å². The van der Waals surface area contributed by atoms with Crippen molar-refractivity contribution in [2.75, 3.05) is 19.5 Å². The van der Waals surface area contributed by atoms with Gasteiger partial charge in [0.2, 0.25) is 0 Å². The van der Waals surface area contributed by atoms with Gasteiger partial charge in [-0.25, -0.2) is 9.59 Å². The molecule has 0 radical (unpaired) electrons. The number of carbonyl (C=O) groups is 3. The topological polar surface area (TPSA) is 99.5 Å². The highest BCUT2D eigenvalue weighted by Crippen LogP contribution is 2.34. The lowest BCUT2D eigenvalue weighted by Crippen LogP contribution is -2.15. The van der Waals surface area contributed by atoms with Crippen LogP contribution >= 0.6 is 22.9 Å². The first-order chi connectivity index (χ1) is 11.7. The summed E-state index contributed by atoms with van der Waals surface area (Å²) < 4.78 is 10.9. The first-order valence-electron chi connectivity index (χ1n) is 7.03. The van der Waals surface area contributed by atoms with Crippen molar-refractivity contribution >= 4 is 45.8 Å². The number of thiophene rings is 1. The van der Waals surface area contributed by atoms with Crippen molar-refractivity contribution in [2.24, 2.45) is 7.05 Å². The molecule has 0 aliphatic carbocycles. The molecule has 8 nitrogen and oxygen atoms in total. The number of carbonyl (C=O) groups excluding carboxylic acids is 3. The maximum atomic E-state index is 12.5. The van der Waals surface area contributed by atoms with Crippen LogP contribution in [0.25, 0.3) is 0 Å². The maximum absolute atomic E-state index is 12.5. The molecule has 0 saturated heterocycles. The van der Waals surface area contributed by atoms with E-state index in [0.717, 1.165) is 11.3 Å². The Morgan fingerprint density at radius 1 is 1.16 bits per heavy atom. The van der Waals surface area contributed by atoms with Gasteiger partial charge < -0.3 is 14.8 Å². The van der Waals surface area contributed by atoms with E-state index in [9.17, 15) is 14.4 Å². The van der Waals surface area contributed by atoms with Gasteiger partial charge in [-0.1, -0.05) is 11.6 Å². The summed E-state index contributed by atoms with van der Waals surface area (Å²) in [6.45, 7) is 3.29. The van der Waals surface area contributed by atoms with E-state index in [-0.39, 0.29) is 26.2 Å². The number of hydrogen-bond donors (Lipinski definition) is 1. The standard InChI is InChI=1S/C15H16ClN3O5S/c1-6-8(14(21)23-4)13(25-11(6)15(22)24-5)17-12(20)10-9(16)7(2)19(3)18-10/h1-5H3,(H,17,20). The van der Waals surface area contributed by atoms with Gasteiger partial charge in [-0.3, -0.25) is 9.48 Å². The number of aromatic nitrogens is 2. The minimum absolute atomic E-state index is 0.0168. The largest absolute Gasteiger partial charge is 0.465 e. The summed E-state index contributed by atoms with van der Waals surface area (Å²) in [4.78, 5) is 36.6. The molecule has 1 amide bonds. The van der Waals surface area contributed by atoms with Crippen LogP contribution in [0.5, 0.6) is 0 Å². The van der Waals surface area contributed by atoms with E-state index in [1.165, 1.54) is 18.9 Å². The molecule has 134 valence electrons. The van der Waals surface area contributed by atoms with E-state index < -0.39 is 17.8 Å². The first-order valence-corrected chi connectivity index (χ1v) is 8.22. The number of nitrogens with one attached hydrogen (secondary N) is 1. The third-order valence-corrected chi connectivity index (χ3v) is 5.25. The van der Waals surface area contributed by atoms with Gasteiger partial charge in [-0.15, -0.1) is 11.3 Å². The number of methoxy groups -OCH3 is 2. The van der Waals surface area contributed by atoms with Gasteiger partial charge >= 0.3 is 11.9 Å². The fraction of sp³-hybridized carbons (Fsp3) is 0.333. The van der Waals surface area contributed by atoms with Crippen molar-refractivity contribution in [3.63, 3.8) is 0 Å². The number of amides is 1. The lowest BCUT2D eigenvalue weighted by atomic mass is 10.1. The number of hydrogen-bond acceptors (Lipinski definition) is 7. The SMILES string of the molecule is COC(=O)c1sc(NC(=O)c2nn(C)c(C)c2Cl)c(C(=O)OC)c1C. The molecule has 2 heterocycles. The number of ether oxygens (including phenoxy) is 2. The molecular formula is C15H16ClN3O5S. The van der Waals surface area contributed by atoms with Gasteiger partial charge in [0.1, 0.15) is 9.88 Å². The molecule has 0 fully saturated rings. The molecule has 25 heavy (non-hydrogen) atoms. The lowest BCUT2D eigenvalue weighted by Gasteiger charge is -2.05. The average Bonchev–Trinajstić information content (AvgIpc) is 3.04. The highest BCUT2D eigenvalue weighted by atomic mass is 35.5. The second-order valence-corrected chi connectivity index (χ2v) is 6.47. The van der Waals surface area contributed by atoms with Crippen LogP contribution in [0.2, 0.25) is 5.02 Å². The molecule has 2 aromatic heterocycles. The minimum atomic E-state index is -0.678. The zero-order valence-electron chi connectivity index (χ0n) is 14.2. The van der Waals surface area contributed by atoms with Gasteiger partial charge in [-0.2, -0.15) is 5.10 Å². The minimum Gasteiger partial charge on any atom is -0.465 e. The van der Waals surface area contributed by atoms with Crippen molar-refractivity contribution in [1.82, 2.24) is 9.78 Å². The molecular weight excluding hydrogens is 370 g/mol. The number of aryl methyl sites for hydroxylation is 1. The van der Waals surface area contributed by atoms with E-state index in [0.29, 0.717) is 11.3 Å². The van der Waals surface area contributed by atoms with Crippen LogP contribution in [-0.2, 0) is 16.5 Å². The van der Waals surface area contributed by atoms with E-state index in [1.54, 1.807) is 20.9 Å². The number of halogens is 1. The van der Waals surface area contributed by atoms with Crippen LogP contribution in [0.4, 0.5) is 5.00 Å². The molecule has 0 aromatic carbocycles. The Kier molecular flexibility index (Phi) is 5.48. The maximum Gasteiger partial charge on any atom is 0.348 e. The Labute approximate surface area is 152 Å². The van der Waals surface area contributed by atoms with Gasteiger partial charge in [0.15, 0.2) is 5.69 Å². The highest BCUT2D eigenvalue weighted by molar-refractivity contribution is 7.18. The molecule has 2 rings (SSSR count). The predicted octanol–water partition coefficient (Wildman–Crippen LogP) is 2.58.